The molecule has 3 unspecified atom stereocenters. The molecule has 8 N–H and O–H groups in total. The number of epoxide rings is 1. The predicted molar refractivity (Wildman–Crippen MR) is 246 cm³/mol. The van der Waals surface area contributed by atoms with Crippen molar-refractivity contribution in [1.29, 1.82) is 0 Å². The third-order valence-corrected chi connectivity index (χ3v) is 17.9. The Morgan fingerprint density at radius 2 is 0.984 bits per heavy atom. The largest absolute Gasteiger partial charge is 0.527 e. The van der Waals surface area contributed by atoms with Crippen LogP contribution >= 0.6 is 0 Å². The summed E-state index contributed by atoms with van der Waals surface area (Å²) in [6.07, 6.45) is 0.671. The highest BCUT2D eigenvalue weighted by Gasteiger charge is 2.39. The number of nitrogens with one attached hydrogen (secondary N) is 2. The molecular formula is C38H90N6O15Si3. The summed E-state index contributed by atoms with van der Waals surface area (Å²) in [6, 6.07) is 1.42. The van der Waals surface area contributed by atoms with Crippen LogP contribution < -0.4 is 22.1 Å². The van der Waals surface area contributed by atoms with Gasteiger partial charge in [-0.1, -0.05) is 20.4 Å². The Balaban J connectivity index is 0. The highest BCUT2D eigenvalue weighted by Crippen LogP contribution is 2.24. The third-order valence-electron chi connectivity index (χ3n) is 9.86. The number of aliphatic hydroxyl groups is 2. The van der Waals surface area contributed by atoms with Gasteiger partial charge in [0.1, 0.15) is 12.0 Å². The smallest absolute Gasteiger partial charge is 0.481 e. The average molecular weight is 955 g/mol. The summed E-state index contributed by atoms with van der Waals surface area (Å²) in [5, 5.41) is 26.7. The molecule has 0 amide bonds. The number of aliphatic hydroxyl groups excluding tert-OH is 2. The molecule has 0 aromatic carbocycles. The minimum absolute atomic E-state index is 0.106. The molecule has 0 aromatic heterocycles. The van der Waals surface area contributed by atoms with Crippen molar-refractivity contribution in [2.24, 2.45) is 11.5 Å². The Bertz CT molecular complexity index is 988. The molecule has 0 spiro atoms. The zero-order chi connectivity index (χ0) is 47.1. The third kappa shape index (κ3) is 30.6. The molecule has 1 aliphatic rings. The highest BCUT2D eigenvalue weighted by atomic mass is 28.4. The van der Waals surface area contributed by atoms with Gasteiger partial charge in [0.2, 0.25) is 0 Å². The zero-order valence-corrected chi connectivity index (χ0v) is 43.2. The van der Waals surface area contributed by atoms with Crippen LogP contribution in [0, 0.1) is 0 Å². The van der Waals surface area contributed by atoms with E-state index >= 15 is 0 Å². The fraction of sp³-hybridized carbons (Fsp3) is 0.947. The molecule has 1 saturated heterocycles. The Hall–Kier alpha value is -0.609. The van der Waals surface area contributed by atoms with Crippen molar-refractivity contribution in [2.45, 2.75) is 57.1 Å². The maximum atomic E-state index is 10.1. The van der Waals surface area contributed by atoms with Crippen LogP contribution in [-0.2, 0) is 58.8 Å². The first-order chi connectivity index (χ1) is 29.8. The van der Waals surface area contributed by atoms with Crippen molar-refractivity contribution in [3.05, 3.63) is 12.3 Å². The Morgan fingerprint density at radius 3 is 1.34 bits per heavy atom. The summed E-state index contributed by atoms with van der Waals surface area (Å²) in [5.41, 5.74) is 10.7. The summed E-state index contributed by atoms with van der Waals surface area (Å²) in [5.74, 6) is 0.814. The minimum Gasteiger partial charge on any atom is -0.481 e. The van der Waals surface area contributed by atoms with Crippen LogP contribution in [0.15, 0.2) is 12.3 Å². The molecule has 21 nitrogen and oxygen atoms in total. The van der Waals surface area contributed by atoms with Crippen molar-refractivity contribution < 1.29 is 69.0 Å². The van der Waals surface area contributed by atoms with E-state index in [4.69, 9.17) is 70.2 Å². The molecule has 0 bridgehead atoms. The maximum Gasteiger partial charge on any atom is 0.527 e. The zero-order valence-electron chi connectivity index (χ0n) is 40.2. The number of ether oxygens (including phenoxy) is 4. The molecule has 1 fully saturated rings. The second kappa shape index (κ2) is 40.6. The van der Waals surface area contributed by atoms with E-state index in [0.717, 1.165) is 90.1 Å². The van der Waals surface area contributed by atoms with E-state index in [1.807, 2.05) is 0 Å². The number of rotatable bonds is 41. The van der Waals surface area contributed by atoms with E-state index in [9.17, 15) is 10.2 Å². The first-order valence-corrected chi connectivity index (χ1v) is 27.3. The van der Waals surface area contributed by atoms with Crippen LogP contribution in [0.4, 0.5) is 0 Å². The summed E-state index contributed by atoms with van der Waals surface area (Å²) in [4.78, 5) is 4.53. The van der Waals surface area contributed by atoms with Crippen molar-refractivity contribution >= 4 is 26.4 Å². The molecule has 0 saturated carbocycles. The number of hydrogen-bond acceptors (Lipinski definition) is 21. The number of hydrogen-bond donors (Lipinski definition) is 6. The van der Waals surface area contributed by atoms with Gasteiger partial charge in [-0.15, -0.1) is 0 Å². The quantitative estimate of drug-likeness (QED) is 0.0253. The van der Waals surface area contributed by atoms with E-state index in [-0.39, 0.29) is 25.5 Å². The summed E-state index contributed by atoms with van der Waals surface area (Å²) >= 11 is 0. The van der Waals surface area contributed by atoms with Gasteiger partial charge in [0.15, 0.2) is 6.10 Å². The molecule has 0 radical (unpaired) electrons. The molecule has 0 aromatic rings. The summed E-state index contributed by atoms with van der Waals surface area (Å²) in [6.45, 7) is 19.5. The molecule has 0 aliphatic carbocycles. The fourth-order valence-corrected chi connectivity index (χ4v) is 10.3. The van der Waals surface area contributed by atoms with Gasteiger partial charge in [-0.3, -0.25) is 0 Å². The molecular weight excluding hydrogens is 865 g/mol. The average Bonchev–Trinajstić information content (AvgIpc) is 4.01. The van der Waals surface area contributed by atoms with Crippen LogP contribution in [0.2, 0.25) is 12.1 Å². The first kappa shape index (κ1) is 63.5. The highest BCUT2D eigenvalue weighted by molar-refractivity contribution is 6.61. The standard InChI is InChI=1S/C22H53N3O10Si2.C10H20O5Si.C6H17N3/c1-8-25(13-11-24-17-22(27)19-35-20-37(31-5,32-6)33-7)12-10-23-16-21(26)18-34-14-9-15-36(28-2,29-3)30-4;1-9-10(15-9)8-14-6-5-7-16(11-2,12-3)13-4;1-2-9(5-3-7)6-4-8/h21-24,26-27H,8-20H2,1-7H3;10H,1,5-8H2,2-4H3;2-8H2,1H3. The minimum atomic E-state index is -2.79. The van der Waals surface area contributed by atoms with Gasteiger partial charge in [0, 0.05) is 155 Å². The van der Waals surface area contributed by atoms with Crippen LogP contribution in [0.3, 0.4) is 0 Å². The SMILES string of the molecule is C=C1OC1COCCC[Si](OC)(OC)OC.CCN(CCN)CCN.CCN(CCNCC(O)COCCC[Si](OC)(OC)OC)CCNCC(O)COC[Si](OC)(OC)OC. The second-order valence-electron chi connectivity index (χ2n) is 14.0. The lowest BCUT2D eigenvalue weighted by Gasteiger charge is -2.24. The van der Waals surface area contributed by atoms with E-state index in [0.29, 0.717) is 39.0 Å². The van der Waals surface area contributed by atoms with Crippen LogP contribution in [0.1, 0.15) is 26.7 Å². The van der Waals surface area contributed by atoms with Crippen molar-refractivity contribution in [3.8, 4) is 0 Å². The van der Waals surface area contributed by atoms with Gasteiger partial charge >= 0.3 is 26.4 Å². The van der Waals surface area contributed by atoms with Gasteiger partial charge < -0.3 is 101 Å². The van der Waals surface area contributed by atoms with Gasteiger partial charge in [-0.2, -0.15) is 0 Å². The number of nitrogens with zero attached hydrogens (tertiary/aromatic N) is 2. The summed E-state index contributed by atoms with van der Waals surface area (Å²) < 4.78 is 69.4. The molecule has 62 heavy (non-hydrogen) atoms. The van der Waals surface area contributed by atoms with Crippen molar-refractivity contribution in [1.82, 2.24) is 20.4 Å². The van der Waals surface area contributed by atoms with E-state index < -0.39 is 38.6 Å². The topological polar surface area (TPSA) is 246 Å². The monoisotopic (exact) mass is 955 g/mol. The Labute approximate surface area is 377 Å². The van der Waals surface area contributed by atoms with E-state index in [1.165, 1.54) is 21.3 Å². The maximum absolute atomic E-state index is 10.1. The Morgan fingerprint density at radius 1 is 0.613 bits per heavy atom. The van der Waals surface area contributed by atoms with Crippen LogP contribution in [-0.4, -0.2) is 247 Å². The molecule has 24 heteroatoms. The molecule has 374 valence electrons. The normalized spacial score (nSPS) is 15.2. The second-order valence-corrected chi connectivity index (χ2v) is 23.1. The lowest BCUT2D eigenvalue weighted by molar-refractivity contribution is 0.0203. The van der Waals surface area contributed by atoms with E-state index in [1.54, 1.807) is 42.7 Å². The van der Waals surface area contributed by atoms with Gasteiger partial charge in [-0.05, 0) is 25.9 Å². The Kier molecular flexibility index (Phi) is 41.6. The van der Waals surface area contributed by atoms with Crippen LogP contribution in [0.25, 0.3) is 0 Å². The lowest BCUT2D eigenvalue weighted by atomic mass is 10.3. The lowest BCUT2D eigenvalue weighted by Crippen LogP contribution is -2.49. The fourth-order valence-electron chi connectivity index (χ4n) is 5.68. The van der Waals surface area contributed by atoms with E-state index in [2.05, 4.69) is 40.9 Å². The molecule has 1 rings (SSSR count). The van der Waals surface area contributed by atoms with Crippen molar-refractivity contribution in [3.63, 3.8) is 0 Å². The molecule has 3 atom stereocenters. The molecule has 1 aliphatic heterocycles. The first-order valence-electron chi connectivity index (χ1n) is 21.5. The predicted octanol–water partition coefficient (Wildman–Crippen LogP) is -0.663. The number of likely N-dealkylation sites (N-methyl/N-ethyl adjacent to an activating group) is 2. The van der Waals surface area contributed by atoms with Crippen molar-refractivity contribution in [2.75, 3.05) is 182 Å². The summed E-state index contributed by atoms with van der Waals surface area (Å²) in [7, 11) is 6.41. The molecule has 1 heterocycles. The van der Waals surface area contributed by atoms with Gasteiger partial charge in [0.05, 0.1) is 32.0 Å². The number of nitrogens with two attached hydrogens (primary N) is 2. The van der Waals surface area contributed by atoms with Crippen LogP contribution in [0.5, 0.6) is 0 Å². The van der Waals surface area contributed by atoms with Gasteiger partial charge in [-0.25, -0.2) is 0 Å². The van der Waals surface area contributed by atoms with Gasteiger partial charge in [0.25, 0.3) is 0 Å².